The third kappa shape index (κ3) is 1.90. The highest BCUT2D eigenvalue weighted by Crippen LogP contribution is 2.30. The highest BCUT2D eigenvalue weighted by Gasteiger charge is 2.31. The molecule has 4 nitrogen and oxygen atoms in total. The first-order chi connectivity index (χ1) is 7.20. The molecule has 1 atom stereocenters. The minimum Gasteiger partial charge on any atom is -0.480 e. The zero-order chi connectivity index (χ0) is 10.8. The number of halogens is 1. The van der Waals surface area contributed by atoms with Gasteiger partial charge in [0.05, 0.1) is 10.7 Å². The van der Waals surface area contributed by atoms with E-state index in [1.807, 2.05) is 4.90 Å². The van der Waals surface area contributed by atoms with Gasteiger partial charge in [-0.3, -0.25) is 4.98 Å². The molecule has 0 saturated carbocycles. The number of pyridine rings is 1. The lowest BCUT2D eigenvalue weighted by Crippen LogP contribution is -2.36. The first-order valence-corrected chi connectivity index (χ1v) is 5.17. The van der Waals surface area contributed by atoms with Crippen molar-refractivity contribution < 1.29 is 9.90 Å². The molecule has 0 aromatic carbocycles. The minimum absolute atomic E-state index is 0.454. The Morgan fingerprint density at radius 3 is 3.13 bits per heavy atom. The van der Waals surface area contributed by atoms with Crippen molar-refractivity contribution in [1.29, 1.82) is 0 Å². The van der Waals surface area contributed by atoms with Crippen LogP contribution < -0.4 is 4.90 Å². The summed E-state index contributed by atoms with van der Waals surface area (Å²) >= 11 is 5.98. The van der Waals surface area contributed by atoms with E-state index in [1.54, 1.807) is 12.3 Å². The van der Waals surface area contributed by atoms with Crippen molar-refractivity contribution in [3.8, 4) is 0 Å². The number of nitrogens with zero attached hydrogens (tertiary/aromatic N) is 2. The largest absolute Gasteiger partial charge is 0.480 e. The van der Waals surface area contributed by atoms with E-state index in [0.717, 1.165) is 18.7 Å². The van der Waals surface area contributed by atoms with Crippen LogP contribution in [0.4, 0.5) is 5.69 Å². The van der Waals surface area contributed by atoms with Crippen LogP contribution >= 0.6 is 11.6 Å². The van der Waals surface area contributed by atoms with E-state index in [9.17, 15) is 4.79 Å². The molecule has 80 valence electrons. The van der Waals surface area contributed by atoms with Crippen LogP contribution in [-0.2, 0) is 4.79 Å². The normalized spacial score (nSPS) is 20.6. The van der Waals surface area contributed by atoms with Gasteiger partial charge < -0.3 is 10.0 Å². The summed E-state index contributed by atoms with van der Waals surface area (Å²) < 4.78 is 0. The second kappa shape index (κ2) is 4.06. The van der Waals surface area contributed by atoms with Crippen LogP contribution in [0.3, 0.4) is 0 Å². The van der Waals surface area contributed by atoms with E-state index in [1.165, 1.54) is 6.20 Å². The molecule has 1 aliphatic heterocycles. The van der Waals surface area contributed by atoms with Gasteiger partial charge in [0, 0.05) is 18.9 Å². The Kier molecular flexibility index (Phi) is 2.77. The van der Waals surface area contributed by atoms with Crippen LogP contribution in [-0.4, -0.2) is 28.6 Å². The van der Waals surface area contributed by atoms with E-state index in [0.29, 0.717) is 11.4 Å². The highest BCUT2D eigenvalue weighted by molar-refractivity contribution is 6.33. The maximum atomic E-state index is 11.0. The lowest BCUT2D eigenvalue weighted by molar-refractivity contribution is -0.138. The molecule has 1 N–H and O–H groups in total. The molecule has 1 saturated heterocycles. The molecule has 1 unspecified atom stereocenters. The smallest absolute Gasteiger partial charge is 0.326 e. The van der Waals surface area contributed by atoms with E-state index in [-0.39, 0.29) is 0 Å². The number of hydrogen-bond acceptors (Lipinski definition) is 3. The highest BCUT2D eigenvalue weighted by atomic mass is 35.5. The summed E-state index contributed by atoms with van der Waals surface area (Å²) in [5.74, 6) is -0.791. The van der Waals surface area contributed by atoms with Crippen molar-refractivity contribution >= 4 is 23.3 Å². The number of aliphatic carboxylic acids is 1. The fraction of sp³-hybridized carbons (Fsp3) is 0.400. The van der Waals surface area contributed by atoms with Crippen LogP contribution in [0.15, 0.2) is 18.5 Å². The van der Waals surface area contributed by atoms with Crippen LogP contribution in [0.5, 0.6) is 0 Å². The Hall–Kier alpha value is -1.29. The molecule has 0 radical (unpaired) electrons. The first-order valence-electron chi connectivity index (χ1n) is 4.79. The molecular formula is C10H11ClN2O2. The first kappa shape index (κ1) is 10.2. The topological polar surface area (TPSA) is 53.4 Å². The summed E-state index contributed by atoms with van der Waals surface area (Å²) in [5.41, 5.74) is 0.761. The molecule has 0 spiro atoms. The quantitative estimate of drug-likeness (QED) is 0.836. The van der Waals surface area contributed by atoms with Crippen LogP contribution in [0.1, 0.15) is 12.8 Å². The van der Waals surface area contributed by atoms with Crippen molar-refractivity contribution in [3.05, 3.63) is 23.5 Å². The third-order valence-electron chi connectivity index (χ3n) is 2.60. The fourth-order valence-corrected chi connectivity index (χ4v) is 2.14. The Morgan fingerprint density at radius 2 is 2.47 bits per heavy atom. The van der Waals surface area contributed by atoms with Crippen LogP contribution in [0.25, 0.3) is 0 Å². The summed E-state index contributed by atoms with van der Waals surface area (Å²) in [7, 11) is 0. The lowest BCUT2D eigenvalue weighted by Gasteiger charge is -2.24. The number of carboxylic acids is 1. The molecule has 1 aromatic heterocycles. The van der Waals surface area contributed by atoms with Gasteiger partial charge in [-0.15, -0.1) is 0 Å². The summed E-state index contributed by atoms with van der Waals surface area (Å²) in [6, 6.07) is 1.30. The summed E-state index contributed by atoms with van der Waals surface area (Å²) in [5, 5.41) is 9.54. The summed E-state index contributed by atoms with van der Waals surface area (Å²) in [6.07, 6.45) is 4.72. The second-order valence-corrected chi connectivity index (χ2v) is 3.92. The average Bonchev–Trinajstić information content (AvgIpc) is 2.67. The van der Waals surface area contributed by atoms with Crippen molar-refractivity contribution in [2.45, 2.75) is 18.9 Å². The number of carbonyl (C=O) groups is 1. The molecule has 5 heteroatoms. The van der Waals surface area contributed by atoms with Crippen molar-refractivity contribution in [1.82, 2.24) is 4.98 Å². The monoisotopic (exact) mass is 226 g/mol. The Labute approximate surface area is 92.5 Å². The van der Waals surface area contributed by atoms with Gasteiger partial charge in [-0.2, -0.15) is 0 Å². The van der Waals surface area contributed by atoms with E-state index < -0.39 is 12.0 Å². The number of rotatable bonds is 2. The van der Waals surface area contributed by atoms with E-state index >= 15 is 0 Å². The predicted molar refractivity (Wildman–Crippen MR) is 57.3 cm³/mol. The van der Waals surface area contributed by atoms with Gasteiger partial charge in [0.25, 0.3) is 0 Å². The van der Waals surface area contributed by atoms with Gasteiger partial charge in [-0.1, -0.05) is 11.6 Å². The molecular weight excluding hydrogens is 216 g/mol. The van der Waals surface area contributed by atoms with Crippen molar-refractivity contribution in [2.24, 2.45) is 0 Å². The van der Waals surface area contributed by atoms with Gasteiger partial charge in [0.15, 0.2) is 0 Å². The Morgan fingerprint density at radius 1 is 1.67 bits per heavy atom. The molecule has 0 bridgehead atoms. The number of aromatic nitrogens is 1. The maximum Gasteiger partial charge on any atom is 0.326 e. The third-order valence-corrected chi connectivity index (χ3v) is 2.89. The van der Waals surface area contributed by atoms with Gasteiger partial charge >= 0.3 is 5.97 Å². The standard InChI is InChI=1S/C10H11ClN2O2/c11-7-6-12-4-3-8(7)13-5-1-2-9(13)10(14)15/h3-4,6,9H,1-2,5H2,(H,14,15). The Balaban J connectivity index is 2.30. The molecule has 2 heterocycles. The van der Waals surface area contributed by atoms with Crippen LogP contribution in [0.2, 0.25) is 5.02 Å². The van der Waals surface area contributed by atoms with E-state index in [4.69, 9.17) is 16.7 Å². The van der Waals surface area contributed by atoms with Crippen LogP contribution in [0, 0.1) is 0 Å². The molecule has 0 aliphatic carbocycles. The van der Waals surface area contributed by atoms with Gasteiger partial charge in [0.1, 0.15) is 6.04 Å². The summed E-state index contributed by atoms with van der Waals surface area (Å²) in [6.45, 7) is 0.737. The molecule has 1 aliphatic rings. The average molecular weight is 227 g/mol. The molecule has 1 aromatic rings. The molecule has 0 amide bonds. The second-order valence-electron chi connectivity index (χ2n) is 3.52. The lowest BCUT2D eigenvalue weighted by atomic mass is 10.2. The summed E-state index contributed by atoms with van der Waals surface area (Å²) in [4.78, 5) is 16.7. The molecule has 1 fully saturated rings. The predicted octanol–water partition coefficient (Wildman–Crippen LogP) is 1.79. The number of carboxylic acid groups (broad SMARTS) is 1. The van der Waals surface area contributed by atoms with Crippen molar-refractivity contribution in [2.75, 3.05) is 11.4 Å². The minimum atomic E-state index is -0.791. The van der Waals surface area contributed by atoms with E-state index in [2.05, 4.69) is 4.98 Å². The fourth-order valence-electron chi connectivity index (χ4n) is 1.91. The molecule has 2 rings (SSSR count). The number of hydrogen-bond donors (Lipinski definition) is 1. The van der Waals surface area contributed by atoms with Gasteiger partial charge in [0.2, 0.25) is 0 Å². The van der Waals surface area contributed by atoms with Crippen molar-refractivity contribution in [3.63, 3.8) is 0 Å². The number of anilines is 1. The zero-order valence-electron chi connectivity index (χ0n) is 8.06. The van der Waals surface area contributed by atoms with Gasteiger partial charge in [-0.05, 0) is 18.9 Å². The zero-order valence-corrected chi connectivity index (χ0v) is 8.81. The molecule has 15 heavy (non-hydrogen) atoms. The SMILES string of the molecule is O=C(O)C1CCCN1c1ccncc1Cl. The Bertz CT molecular complexity index is 383. The van der Waals surface area contributed by atoms with Gasteiger partial charge in [-0.25, -0.2) is 4.79 Å². The maximum absolute atomic E-state index is 11.0.